The molecule has 5 aromatic rings. The number of fused-ring (bicyclic) bond motifs is 2. The molecule has 7 rings (SSSR count). The number of hydrogen-bond acceptors (Lipinski definition) is 10. The van der Waals surface area contributed by atoms with Gasteiger partial charge in [0.05, 0.1) is 48.7 Å². The molecule has 2 aliphatic rings. The lowest BCUT2D eigenvalue weighted by atomic mass is 9.75. The van der Waals surface area contributed by atoms with E-state index in [1.54, 1.807) is 25.7 Å². The summed E-state index contributed by atoms with van der Waals surface area (Å²) in [6.45, 7) is 8.12. The highest BCUT2D eigenvalue weighted by Gasteiger charge is 2.45. The molecule has 13 nitrogen and oxygen atoms in total. The number of benzene rings is 1. The molecule has 4 aromatic heterocycles. The van der Waals surface area contributed by atoms with Crippen molar-refractivity contribution >= 4 is 40.4 Å². The Morgan fingerprint density at radius 2 is 1.82 bits per heavy atom. The molecule has 2 aliphatic carbocycles. The third kappa shape index (κ3) is 8.29. The van der Waals surface area contributed by atoms with Gasteiger partial charge in [0, 0.05) is 29.3 Å². The minimum absolute atomic E-state index is 0.0220. The van der Waals surface area contributed by atoms with Crippen LogP contribution >= 0.6 is 11.6 Å². The number of methoxy groups -OCH3 is 1. The molecule has 0 spiro atoms. The number of imidazole rings is 1. The van der Waals surface area contributed by atoms with Gasteiger partial charge < -0.3 is 25.9 Å². The lowest BCUT2D eigenvalue weighted by Crippen LogP contribution is -2.29. The Morgan fingerprint density at radius 1 is 1.11 bits per heavy atom. The van der Waals surface area contributed by atoms with Crippen LogP contribution in [0.3, 0.4) is 0 Å². The van der Waals surface area contributed by atoms with Gasteiger partial charge in [-0.2, -0.15) is 28.2 Å². The van der Waals surface area contributed by atoms with E-state index in [9.17, 15) is 27.9 Å². The molecule has 0 radical (unpaired) electrons. The smallest absolute Gasteiger partial charge is 0.435 e. The number of rotatable bonds is 7. The first-order valence-corrected chi connectivity index (χ1v) is 18.2. The van der Waals surface area contributed by atoms with E-state index in [-0.39, 0.29) is 47.2 Å². The Kier molecular flexibility index (Phi) is 11.0. The third-order valence-electron chi connectivity index (χ3n) is 10.2. The van der Waals surface area contributed by atoms with E-state index in [1.807, 2.05) is 32.3 Å². The SMILES string of the molecule is CC1(C)CC(=O)c2c(C(F)(F)F)nn(-c3ccc(C(N)=O)c(CC4CCC(O)CC4)c3)c2C1.COc1c(C)cnc(Cn2cnc3c(Cl)nc(N)nc32)c1C. The number of aliphatic hydroxyl groups excluding tert-OH is 1. The minimum atomic E-state index is -4.76. The normalized spacial score (nSPS) is 18.1. The number of amides is 1. The van der Waals surface area contributed by atoms with Crippen molar-refractivity contribution in [3.05, 3.63) is 80.8 Å². The summed E-state index contributed by atoms with van der Waals surface area (Å²) < 4.78 is 49.7. The van der Waals surface area contributed by atoms with E-state index in [1.165, 1.54) is 16.8 Å². The Balaban J connectivity index is 0.000000203. The lowest BCUT2D eigenvalue weighted by Gasteiger charge is -2.29. The number of carbonyl (C=O) groups excluding carboxylic acids is 2. The average molecular weight is 782 g/mol. The van der Waals surface area contributed by atoms with Gasteiger partial charge in [-0.25, -0.2) is 9.67 Å². The molecule has 0 atom stereocenters. The molecule has 17 heteroatoms. The van der Waals surface area contributed by atoms with Gasteiger partial charge in [-0.1, -0.05) is 25.4 Å². The zero-order valence-corrected chi connectivity index (χ0v) is 31.9. The highest BCUT2D eigenvalue weighted by molar-refractivity contribution is 6.33. The number of carbonyl (C=O) groups is 2. The number of Topliss-reactive ketones (excluding diaryl/α,β-unsaturated/α-hetero) is 1. The summed E-state index contributed by atoms with van der Waals surface area (Å²) in [6.07, 6.45) is 2.12. The topological polar surface area (TPSA) is 190 Å². The highest BCUT2D eigenvalue weighted by atomic mass is 35.5. The molecule has 1 fully saturated rings. The maximum absolute atomic E-state index is 13.8. The van der Waals surface area contributed by atoms with Gasteiger partial charge in [-0.15, -0.1) is 0 Å². The highest BCUT2D eigenvalue weighted by Crippen LogP contribution is 2.42. The summed E-state index contributed by atoms with van der Waals surface area (Å²) in [7, 11) is 1.65. The predicted octanol–water partition coefficient (Wildman–Crippen LogP) is 6.37. The Bertz CT molecular complexity index is 2280. The van der Waals surface area contributed by atoms with E-state index in [0.717, 1.165) is 35.4 Å². The predicted molar refractivity (Wildman–Crippen MR) is 199 cm³/mol. The van der Waals surface area contributed by atoms with Gasteiger partial charge in [0.25, 0.3) is 0 Å². The number of hydrogen-bond donors (Lipinski definition) is 3. The Morgan fingerprint density at radius 3 is 2.47 bits per heavy atom. The number of alkyl halides is 3. The molecular weight excluding hydrogens is 739 g/mol. The van der Waals surface area contributed by atoms with Crippen LogP contribution in [-0.4, -0.2) is 64.3 Å². The molecule has 1 saturated carbocycles. The van der Waals surface area contributed by atoms with Crippen molar-refractivity contribution in [2.75, 3.05) is 12.8 Å². The van der Waals surface area contributed by atoms with E-state index < -0.39 is 29.0 Å². The van der Waals surface area contributed by atoms with Gasteiger partial charge in [0.15, 0.2) is 22.3 Å². The average Bonchev–Trinajstić information content (AvgIpc) is 3.69. The number of aliphatic hydroxyl groups is 1. The summed E-state index contributed by atoms with van der Waals surface area (Å²) in [5.74, 6) is 0.0169. The summed E-state index contributed by atoms with van der Waals surface area (Å²) >= 11 is 6.04. The lowest BCUT2D eigenvalue weighted by molar-refractivity contribution is -0.141. The second-order valence-corrected chi connectivity index (χ2v) is 15.4. The number of pyridine rings is 1. The number of nitrogen functional groups attached to an aromatic ring is 1. The van der Waals surface area contributed by atoms with Crippen LogP contribution in [0.15, 0.2) is 30.7 Å². The molecule has 292 valence electrons. The second kappa shape index (κ2) is 15.2. The zero-order chi connectivity index (χ0) is 40.0. The summed E-state index contributed by atoms with van der Waals surface area (Å²) in [5.41, 5.74) is 14.7. The number of anilines is 1. The van der Waals surface area contributed by atoms with Crippen molar-refractivity contribution in [3.8, 4) is 11.4 Å². The number of aryl methyl sites for hydroxylation is 1. The number of aromatic nitrogens is 7. The van der Waals surface area contributed by atoms with Crippen molar-refractivity contribution in [2.45, 2.75) is 91.5 Å². The fraction of sp³-hybridized carbons (Fsp3) is 0.447. The van der Waals surface area contributed by atoms with Crippen molar-refractivity contribution < 1.29 is 32.6 Å². The van der Waals surface area contributed by atoms with Gasteiger partial charge >= 0.3 is 6.18 Å². The molecule has 0 bridgehead atoms. The molecule has 1 amide bonds. The van der Waals surface area contributed by atoms with E-state index >= 15 is 0 Å². The quantitative estimate of drug-likeness (QED) is 0.157. The molecule has 0 aliphatic heterocycles. The number of nitrogens with zero attached hydrogens (tertiary/aromatic N) is 7. The molecule has 0 unspecified atom stereocenters. The van der Waals surface area contributed by atoms with E-state index in [2.05, 4.69) is 25.0 Å². The molecule has 4 heterocycles. The van der Waals surface area contributed by atoms with Crippen LogP contribution in [0.2, 0.25) is 5.15 Å². The van der Waals surface area contributed by atoms with Crippen molar-refractivity contribution in [1.29, 1.82) is 0 Å². The number of ether oxygens (including phenoxy) is 1. The van der Waals surface area contributed by atoms with E-state index in [4.69, 9.17) is 27.8 Å². The minimum Gasteiger partial charge on any atom is -0.496 e. The number of nitrogens with two attached hydrogens (primary N) is 2. The van der Waals surface area contributed by atoms with E-state index in [0.29, 0.717) is 53.8 Å². The number of halogens is 4. The van der Waals surface area contributed by atoms with Gasteiger partial charge in [0.1, 0.15) is 11.3 Å². The van der Waals surface area contributed by atoms with Gasteiger partial charge in [-0.3, -0.25) is 14.6 Å². The largest absolute Gasteiger partial charge is 0.496 e. The fourth-order valence-corrected chi connectivity index (χ4v) is 7.79. The molecule has 0 saturated heterocycles. The zero-order valence-electron chi connectivity index (χ0n) is 31.2. The van der Waals surface area contributed by atoms with Crippen LogP contribution in [0.1, 0.15) is 100 Å². The van der Waals surface area contributed by atoms with Gasteiger partial charge in [0.2, 0.25) is 11.9 Å². The standard InChI is InChI=1S/C24H28F3N3O3.C14H15ClN6O/c1-23(2)11-18-20(19(32)12-23)21(24(25,26)27)29-30(18)15-5-8-17(22(28)33)14(10-15)9-13-3-6-16(31)7-4-13;1-7-4-17-9(8(2)11(7)22-3)5-21-6-18-10-12(15)19-14(16)20-13(10)21/h5,8,10,13,16,31H,3-4,6-7,9,11-12H2,1-2H3,(H2,28,33);4,6H,5H2,1-3H3,(H2,16,19,20). The first-order chi connectivity index (χ1) is 25.9. The second-order valence-electron chi connectivity index (χ2n) is 15.1. The van der Waals surface area contributed by atoms with Crippen LogP contribution in [0.4, 0.5) is 19.1 Å². The van der Waals surface area contributed by atoms with Crippen molar-refractivity contribution in [3.63, 3.8) is 0 Å². The van der Waals surface area contributed by atoms with Crippen LogP contribution < -0.4 is 16.2 Å². The molecule has 55 heavy (non-hydrogen) atoms. The molecule has 1 aromatic carbocycles. The van der Waals surface area contributed by atoms with Gasteiger partial charge in [-0.05, 0) is 87.5 Å². The van der Waals surface area contributed by atoms with Crippen LogP contribution in [-0.2, 0) is 25.6 Å². The van der Waals surface area contributed by atoms with Crippen LogP contribution in [0, 0.1) is 25.2 Å². The van der Waals surface area contributed by atoms with Crippen molar-refractivity contribution in [1.82, 2.24) is 34.3 Å². The maximum Gasteiger partial charge on any atom is 0.435 e. The monoisotopic (exact) mass is 781 g/mol. The summed E-state index contributed by atoms with van der Waals surface area (Å²) in [4.78, 5) is 41.5. The summed E-state index contributed by atoms with van der Waals surface area (Å²) in [5, 5.41) is 13.9. The first kappa shape index (κ1) is 39.6. The Labute approximate surface area is 320 Å². The van der Waals surface area contributed by atoms with Crippen LogP contribution in [0.5, 0.6) is 5.75 Å². The Hall–Kier alpha value is -5.09. The van der Waals surface area contributed by atoms with Crippen molar-refractivity contribution in [2.24, 2.45) is 17.1 Å². The molecule has 5 N–H and O–H groups in total. The first-order valence-electron chi connectivity index (χ1n) is 17.8. The fourth-order valence-electron chi connectivity index (χ4n) is 7.57. The number of primary amides is 1. The number of ketones is 1. The summed E-state index contributed by atoms with van der Waals surface area (Å²) in [6, 6.07) is 4.69. The van der Waals surface area contributed by atoms with Crippen LogP contribution in [0.25, 0.3) is 16.9 Å². The maximum atomic E-state index is 13.8. The third-order valence-corrected chi connectivity index (χ3v) is 10.5. The molecular formula is C38H43ClF3N9O4.